The van der Waals surface area contributed by atoms with Crippen LogP contribution in [0.5, 0.6) is 0 Å². The molecular weight excluding hydrogens is 194 g/mol. The highest BCUT2D eigenvalue weighted by molar-refractivity contribution is 5.70. The fraction of sp³-hybridized carbons (Fsp3) is 0.600. The van der Waals surface area contributed by atoms with Crippen molar-refractivity contribution in [1.82, 2.24) is 9.78 Å². The molecule has 1 aromatic rings. The van der Waals surface area contributed by atoms with Crippen molar-refractivity contribution in [3.8, 4) is 0 Å². The van der Waals surface area contributed by atoms with E-state index in [0.717, 1.165) is 17.7 Å². The fourth-order valence-electron chi connectivity index (χ4n) is 1.51. The minimum absolute atomic E-state index is 0.190. The lowest BCUT2D eigenvalue weighted by Crippen LogP contribution is -2.17. The third-order valence-electron chi connectivity index (χ3n) is 2.29. The number of nitrogens with two attached hydrogens (primary N) is 1. The van der Waals surface area contributed by atoms with E-state index in [-0.39, 0.29) is 18.4 Å². The number of carbonyl (C=O) groups excluding carboxylic acids is 1. The van der Waals surface area contributed by atoms with Crippen molar-refractivity contribution in [1.29, 1.82) is 0 Å². The largest absolute Gasteiger partial charge is 0.469 e. The van der Waals surface area contributed by atoms with Crippen LogP contribution in [0.3, 0.4) is 0 Å². The Labute approximate surface area is 89.2 Å². The summed E-state index contributed by atoms with van der Waals surface area (Å²) < 4.78 is 6.29. The molecule has 5 nitrogen and oxygen atoms in total. The smallest absolute Gasteiger partial charge is 0.307 e. The summed E-state index contributed by atoms with van der Waals surface area (Å²) in [7, 11) is 3.20. The zero-order valence-electron chi connectivity index (χ0n) is 9.36. The third-order valence-corrected chi connectivity index (χ3v) is 2.29. The van der Waals surface area contributed by atoms with Crippen molar-refractivity contribution in [3.63, 3.8) is 0 Å². The molecule has 1 aromatic heterocycles. The van der Waals surface area contributed by atoms with Gasteiger partial charge in [-0.1, -0.05) is 6.92 Å². The van der Waals surface area contributed by atoms with E-state index in [9.17, 15) is 4.79 Å². The Kier molecular flexibility index (Phi) is 3.85. The van der Waals surface area contributed by atoms with E-state index in [2.05, 4.69) is 9.84 Å². The Balaban J connectivity index is 2.80. The second kappa shape index (κ2) is 4.93. The maximum atomic E-state index is 11.1. The van der Waals surface area contributed by atoms with Crippen molar-refractivity contribution in [3.05, 3.63) is 17.5 Å². The zero-order chi connectivity index (χ0) is 11.4. The van der Waals surface area contributed by atoms with Gasteiger partial charge in [0.25, 0.3) is 0 Å². The molecule has 0 amide bonds. The van der Waals surface area contributed by atoms with Gasteiger partial charge in [0.05, 0.1) is 19.2 Å². The molecule has 2 N–H and O–H groups in total. The summed E-state index contributed by atoms with van der Waals surface area (Å²) in [4.78, 5) is 11.1. The molecule has 84 valence electrons. The number of hydrogen-bond acceptors (Lipinski definition) is 4. The summed E-state index contributed by atoms with van der Waals surface area (Å²) in [6.07, 6.45) is 2.85. The average molecular weight is 211 g/mol. The first kappa shape index (κ1) is 11.7. The van der Waals surface area contributed by atoms with Crippen LogP contribution in [0.4, 0.5) is 0 Å². The molecule has 0 fully saturated rings. The average Bonchev–Trinajstić information content (AvgIpc) is 2.59. The number of ether oxygens (including phenoxy) is 1. The quantitative estimate of drug-likeness (QED) is 0.738. The van der Waals surface area contributed by atoms with Crippen LogP contribution in [0.1, 0.15) is 30.6 Å². The molecule has 5 heteroatoms. The van der Waals surface area contributed by atoms with Crippen molar-refractivity contribution in [2.45, 2.75) is 25.8 Å². The SMILES string of the molecule is CCc1nn(C)cc1[C@@H](N)CC(=O)OC. The molecule has 0 aliphatic carbocycles. The van der Waals surface area contributed by atoms with Gasteiger partial charge in [0.15, 0.2) is 0 Å². The molecule has 1 rings (SSSR count). The summed E-state index contributed by atoms with van der Waals surface area (Å²) in [6, 6.07) is -0.332. The fourth-order valence-corrected chi connectivity index (χ4v) is 1.51. The molecule has 0 aliphatic rings. The predicted molar refractivity (Wildman–Crippen MR) is 56.1 cm³/mol. The minimum atomic E-state index is -0.332. The van der Waals surface area contributed by atoms with Gasteiger partial charge in [-0.15, -0.1) is 0 Å². The van der Waals surface area contributed by atoms with Crippen LogP contribution in [-0.2, 0) is 23.0 Å². The van der Waals surface area contributed by atoms with Crippen molar-refractivity contribution >= 4 is 5.97 Å². The molecule has 0 aromatic carbocycles. The van der Waals surface area contributed by atoms with Crippen LogP contribution in [0.25, 0.3) is 0 Å². The van der Waals surface area contributed by atoms with E-state index in [1.165, 1.54) is 7.11 Å². The lowest BCUT2D eigenvalue weighted by molar-refractivity contribution is -0.141. The molecule has 0 saturated carbocycles. The number of aromatic nitrogens is 2. The van der Waals surface area contributed by atoms with Gasteiger partial charge in [0.2, 0.25) is 0 Å². The Hall–Kier alpha value is -1.36. The normalized spacial score (nSPS) is 12.5. The predicted octanol–water partition coefficient (Wildman–Crippen LogP) is 0.545. The van der Waals surface area contributed by atoms with Gasteiger partial charge >= 0.3 is 5.97 Å². The van der Waals surface area contributed by atoms with Crippen molar-refractivity contribution < 1.29 is 9.53 Å². The summed E-state index contributed by atoms with van der Waals surface area (Å²) >= 11 is 0. The van der Waals surface area contributed by atoms with Gasteiger partial charge in [0, 0.05) is 24.8 Å². The first-order valence-corrected chi connectivity index (χ1v) is 4.93. The Morgan fingerprint density at radius 1 is 1.73 bits per heavy atom. The monoisotopic (exact) mass is 211 g/mol. The molecule has 15 heavy (non-hydrogen) atoms. The van der Waals surface area contributed by atoms with Gasteiger partial charge in [0.1, 0.15) is 0 Å². The third kappa shape index (κ3) is 2.79. The Morgan fingerprint density at radius 2 is 2.40 bits per heavy atom. The molecule has 0 unspecified atom stereocenters. The van der Waals surface area contributed by atoms with Gasteiger partial charge in [-0.25, -0.2) is 0 Å². The van der Waals surface area contributed by atoms with Crippen molar-refractivity contribution in [2.75, 3.05) is 7.11 Å². The van der Waals surface area contributed by atoms with E-state index in [0.29, 0.717) is 0 Å². The highest BCUT2D eigenvalue weighted by Gasteiger charge is 2.17. The summed E-state index contributed by atoms with van der Waals surface area (Å²) in [5.41, 5.74) is 7.77. The topological polar surface area (TPSA) is 70.1 Å². The van der Waals surface area contributed by atoms with E-state index >= 15 is 0 Å². The van der Waals surface area contributed by atoms with Crippen LogP contribution in [0.2, 0.25) is 0 Å². The molecule has 0 spiro atoms. The Morgan fingerprint density at radius 3 is 2.93 bits per heavy atom. The summed E-state index contributed by atoms with van der Waals surface area (Å²) in [5, 5.41) is 4.27. The first-order valence-electron chi connectivity index (χ1n) is 4.93. The maximum absolute atomic E-state index is 11.1. The van der Waals surface area contributed by atoms with E-state index < -0.39 is 0 Å². The van der Waals surface area contributed by atoms with Gasteiger partial charge in [-0.05, 0) is 6.42 Å². The van der Waals surface area contributed by atoms with Crippen molar-refractivity contribution in [2.24, 2.45) is 12.8 Å². The second-order valence-electron chi connectivity index (χ2n) is 3.45. The highest BCUT2D eigenvalue weighted by Crippen LogP contribution is 2.18. The number of rotatable bonds is 4. The molecule has 1 atom stereocenters. The van der Waals surface area contributed by atoms with Gasteiger partial charge in [-0.3, -0.25) is 9.48 Å². The van der Waals surface area contributed by atoms with Crippen LogP contribution < -0.4 is 5.73 Å². The van der Waals surface area contributed by atoms with Crippen LogP contribution >= 0.6 is 0 Å². The van der Waals surface area contributed by atoms with E-state index in [1.807, 2.05) is 20.2 Å². The maximum Gasteiger partial charge on any atom is 0.307 e. The number of methoxy groups -OCH3 is 1. The first-order chi connectivity index (χ1) is 7.08. The molecular formula is C10H17N3O2. The minimum Gasteiger partial charge on any atom is -0.469 e. The molecule has 0 saturated heterocycles. The van der Waals surface area contributed by atoms with Crippen LogP contribution in [0.15, 0.2) is 6.20 Å². The molecule has 0 bridgehead atoms. The number of esters is 1. The molecule has 0 aliphatic heterocycles. The van der Waals surface area contributed by atoms with E-state index in [1.54, 1.807) is 4.68 Å². The van der Waals surface area contributed by atoms with Crippen LogP contribution in [0, 0.1) is 0 Å². The van der Waals surface area contributed by atoms with Gasteiger partial charge < -0.3 is 10.5 Å². The number of nitrogens with zero attached hydrogens (tertiary/aromatic N) is 2. The molecule has 0 radical (unpaired) electrons. The number of hydrogen-bond donors (Lipinski definition) is 1. The molecule has 1 heterocycles. The standard InChI is InChI=1S/C10H17N3O2/c1-4-9-7(6-13(2)12-9)8(11)5-10(14)15-3/h6,8H,4-5,11H2,1-3H3/t8-/m0/s1. The summed E-state index contributed by atoms with van der Waals surface area (Å²) in [6.45, 7) is 2.01. The lowest BCUT2D eigenvalue weighted by atomic mass is 10.0. The van der Waals surface area contributed by atoms with Crippen LogP contribution in [-0.4, -0.2) is 22.9 Å². The highest BCUT2D eigenvalue weighted by atomic mass is 16.5. The Bertz CT molecular complexity index is 346. The second-order valence-corrected chi connectivity index (χ2v) is 3.45. The number of carbonyl (C=O) groups is 1. The lowest BCUT2D eigenvalue weighted by Gasteiger charge is -2.09. The zero-order valence-corrected chi connectivity index (χ0v) is 9.36. The number of aryl methyl sites for hydroxylation is 2. The van der Waals surface area contributed by atoms with E-state index in [4.69, 9.17) is 5.73 Å². The van der Waals surface area contributed by atoms with Gasteiger partial charge in [-0.2, -0.15) is 5.10 Å². The summed E-state index contributed by atoms with van der Waals surface area (Å²) in [5.74, 6) is -0.298.